The summed E-state index contributed by atoms with van der Waals surface area (Å²) < 4.78 is 5.69. The van der Waals surface area contributed by atoms with Crippen LogP contribution >= 0.6 is 12.2 Å². The van der Waals surface area contributed by atoms with Crippen molar-refractivity contribution in [3.8, 4) is 5.75 Å². The molecule has 0 amide bonds. The summed E-state index contributed by atoms with van der Waals surface area (Å²) in [6.45, 7) is 0. The van der Waals surface area contributed by atoms with Crippen LogP contribution in [0.2, 0.25) is 0 Å². The van der Waals surface area contributed by atoms with Gasteiger partial charge >= 0.3 is 0 Å². The van der Waals surface area contributed by atoms with Crippen molar-refractivity contribution in [2.45, 2.75) is 0 Å². The number of hydrogen-bond acceptors (Lipinski definition) is 2. The number of benzene rings is 1. The molecule has 0 saturated heterocycles. The quantitative estimate of drug-likeness (QED) is 0.743. The zero-order chi connectivity index (χ0) is 10.9. The van der Waals surface area contributed by atoms with Crippen molar-refractivity contribution in [2.75, 3.05) is 7.11 Å². The highest BCUT2D eigenvalue weighted by atomic mass is 32.1. The Morgan fingerprint density at radius 2 is 1.67 bits per heavy atom. The summed E-state index contributed by atoms with van der Waals surface area (Å²) in [6.07, 6.45) is 1.81. The lowest BCUT2D eigenvalue weighted by molar-refractivity contribution is 0.415. The lowest BCUT2D eigenvalue weighted by Gasteiger charge is -1.93. The van der Waals surface area contributed by atoms with Crippen molar-refractivity contribution in [2.24, 2.45) is 0 Å². The van der Waals surface area contributed by atoms with Gasteiger partial charge in [0.1, 0.15) is 10.4 Å². The van der Waals surface area contributed by atoms with E-state index in [0.29, 0.717) is 0 Å². The van der Waals surface area contributed by atoms with E-state index in [9.17, 15) is 0 Å². The van der Waals surface area contributed by atoms with Crippen molar-refractivity contribution in [1.82, 2.24) is 4.98 Å². The van der Waals surface area contributed by atoms with Crippen molar-refractivity contribution in [1.29, 1.82) is 0 Å². The molecule has 0 saturated carbocycles. The number of H-pyrrole nitrogens is 1. The first kappa shape index (κ1) is 11.5. The highest BCUT2D eigenvalue weighted by molar-refractivity contribution is 7.71. The van der Waals surface area contributed by atoms with E-state index in [2.05, 4.69) is 4.98 Å². The van der Waals surface area contributed by atoms with Crippen LogP contribution in [-0.2, 0) is 0 Å². The van der Waals surface area contributed by atoms with Crippen LogP contribution in [0.25, 0.3) is 0 Å². The highest BCUT2D eigenvalue weighted by Crippen LogP contribution is 2.05. The molecule has 78 valence electrons. The number of ether oxygens (including phenoxy) is 1. The van der Waals surface area contributed by atoms with Gasteiger partial charge in [0.2, 0.25) is 0 Å². The second-order valence-corrected chi connectivity index (χ2v) is 3.18. The smallest absolute Gasteiger partial charge is 0.118 e. The van der Waals surface area contributed by atoms with Gasteiger partial charge in [-0.15, -0.1) is 0 Å². The van der Waals surface area contributed by atoms with Gasteiger partial charge < -0.3 is 9.72 Å². The van der Waals surface area contributed by atoms with Crippen molar-refractivity contribution < 1.29 is 4.74 Å². The summed E-state index contributed by atoms with van der Waals surface area (Å²) in [5, 5.41) is 0. The number of pyridine rings is 1. The average Bonchev–Trinajstić information content (AvgIpc) is 2.32. The van der Waals surface area contributed by atoms with E-state index in [4.69, 9.17) is 17.0 Å². The fourth-order valence-electron chi connectivity index (χ4n) is 0.933. The molecule has 15 heavy (non-hydrogen) atoms. The summed E-state index contributed by atoms with van der Waals surface area (Å²) in [4.78, 5) is 2.85. The number of para-hydroxylation sites is 1. The SMILES string of the molecule is COc1ccccc1.S=c1cccc[nH]1. The standard InChI is InChI=1S/C7H8O.C5H5NS/c1-8-7-5-3-2-4-6-7;7-5-3-1-2-4-6-5/h2-6H,1H3;1-4H,(H,6,7). The lowest BCUT2D eigenvalue weighted by Crippen LogP contribution is -1.78. The molecule has 1 aromatic heterocycles. The molecule has 2 rings (SSSR count). The monoisotopic (exact) mass is 219 g/mol. The summed E-state index contributed by atoms with van der Waals surface area (Å²) in [5.74, 6) is 0.910. The Labute approximate surface area is 94.6 Å². The fourth-order valence-corrected chi connectivity index (χ4v) is 1.08. The predicted molar refractivity (Wildman–Crippen MR) is 64.6 cm³/mol. The molecule has 0 aliphatic rings. The Hall–Kier alpha value is -1.61. The third-order valence-corrected chi connectivity index (χ3v) is 1.91. The van der Waals surface area contributed by atoms with Gasteiger partial charge in [0.15, 0.2) is 0 Å². The molecule has 0 aliphatic carbocycles. The molecule has 2 aromatic rings. The van der Waals surface area contributed by atoms with Crippen LogP contribution < -0.4 is 4.74 Å². The minimum Gasteiger partial charge on any atom is -0.497 e. The predicted octanol–water partition coefficient (Wildman–Crippen LogP) is 3.44. The Morgan fingerprint density at radius 3 is 2.00 bits per heavy atom. The minimum atomic E-state index is 0.780. The maximum atomic E-state index is 4.91. The minimum absolute atomic E-state index is 0.780. The number of aromatic nitrogens is 1. The van der Waals surface area contributed by atoms with Gasteiger partial charge in [0, 0.05) is 6.20 Å². The van der Waals surface area contributed by atoms with Gasteiger partial charge in [-0.25, -0.2) is 0 Å². The zero-order valence-corrected chi connectivity index (χ0v) is 9.33. The van der Waals surface area contributed by atoms with Crippen molar-refractivity contribution in [3.63, 3.8) is 0 Å². The first-order valence-electron chi connectivity index (χ1n) is 4.55. The van der Waals surface area contributed by atoms with E-state index in [0.717, 1.165) is 10.4 Å². The average molecular weight is 219 g/mol. The number of aromatic amines is 1. The van der Waals surface area contributed by atoms with Crippen molar-refractivity contribution in [3.05, 3.63) is 59.4 Å². The maximum Gasteiger partial charge on any atom is 0.118 e. The van der Waals surface area contributed by atoms with E-state index in [1.807, 2.05) is 54.7 Å². The normalized spacial score (nSPS) is 8.60. The van der Waals surface area contributed by atoms with Crippen LogP contribution in [-0.4, -0.2) is 12.1 Å². The Morgan fingerprint density at radius 1 is 1.00 bits per heavy atom. The molecule has 0 bridgehead atoms. The van der Waals surface area contributed by atoms with E-state index in [1.165, 1.54) is 0 Å². The highest BCUT2D eigenvalue weighted by Gasteiger charge is 1.80. The summed E-state index contributed by atoms with van der Waals surface area (Å²) in [6, 6.07) is 15.3. The largest absolute Gasteiger partial charge is 0.497 e. The molecule has 3 heteroatoms. The molecule has 0 atom stereocenters. The van der Waals surface area contributed by atoms with E-state index in [-0.39, 0.29) is 0 Å². The molecule has 0 spiro atoms. The van der Waals surface area contributed by atoms with Crippen LogP contribution in [0.5, 0.6) is 5.75 Å². The molecule has 1 heterocycles. The molecule has 0 aliphatic heterocycles. The molecule has 0 fully saturated rings. The van der Waals surface area contributed by atoms with Gasteiger partial charge in [0.05, 0.1) is 7.11 Å². The van der Waals surface area contributed by atoms with E-state index in [1.54, 1.807) is 7.11 Å². The zero-order valence-electron chi connectivity index (χ0n) is 8.51. The Kier molecular flexibility index (Phi) is 5.19. The van der Waals surface area contributed by atoms with Crippen molar-refractivity contribution >= 4 is 12.2 Å². The van der Waals surface area contributed by atoms with Gasteiger partial charge in [-0.2, -0.15) is 0 Å². The maximum absolute atomic E-state index is 4.91. The van der Waals surface area contributed by atoms with Crippen LogP contribution in [0.1, 0.15) is 0 Å². The van der Waals surface area contributed by atoms with Crippen LogP contribution in [0, 0.1) is 4.64 Å². The lowest BCUT2D eigenvalue weighted by atomic mass is 10.3. The number of rotatable bonds is 1. The van der Waals surface area contributed by atoms with E-state index >= 15 is 0 Å². The third kappa shape index (κ3) is 4.98. The molecule has 1 N–H and O–H groups in total. The number of hydrogen-bond donors (Lipinski definition) is 1. The topological polar surface area (TPSA) is 25.0 Å². The summed E-state index contributed by atoms with van der Waals surface area (Å²) in [7, 11) is 1.66. The second kappa shape index (κ2) is 6.79. The molecule has 0 radical (unpaired) electrons. The second-order valence-electron chi connectivity index (χ2n) is 2.74. The van der Waals surface area contributed by atoms with Crippen LogP contribution in [0.15, 0.2) is 54.7 Å². The van der Waals surface area contributed by atoms with Gasteiger partial charge in [0.25, 0.3) is 0 Å². The number of nitrogens with one attached hydrogen (secondary N) is 1. The third-order valence-electron chi connectivity index (χ3n) is 1.66. The van der Waals surface area contributed by atoms with Gasteiger partial charge in [-0.05, 0) is 24.3 Å². The first-order chi connectivity index (χ1) is 7.33. The fraction of sp³-hybridized carbons (Fsp3) is 0.0833. The van der Waals surface area contributed by atoms with Gasteiger partial charge in [-0.3, -0.25) is 0 Å². The molecule has 2 nitrogen and oxygen atoms in total. The molecule has 0 unspecified atom stereocenters. The Balaban J connectivity index is 0.000000151. The van der Waals surface area contributed by atoms with Crippen LogP contribution in [0.4, 0.5) is 0 Å². The van der Waals surface area contributed by atoms with Crippen LogP contribution in [0.3, 0.4) is 0 Å². The Bertz CT molecular complexity index is 407. The summed E-state index contributed by atoms with van der Waals surface area (Å²) in [5.41, 5.74) is 0. The molecular formula is C12H13NOS. The molecule has 1 aromatic carbocycles. The van der Waals surface area contributed by atoms with E-state index < -0.39 is 0 Å². The summed E-state index contributed by atoms with van der Waals surface area (Å²) >= 11 is 4.76. The number of methoxy groups -OCH3 is 1. The van der Waals surface area contributed by atoms with Gasteiger partial charge in [-0.1, -0.05) is 36.5 Å². The first-order valence-corrected chi connectivity index (χ1v) is 4.96. The molecular weight excluding hydrogens is 206 g/mol.